The van der Waals surface area contributed by atoms with Crippen molar-refractivity contribution in [2.75, 3.05) is 17.6 Å². The molecule has 0 aliphatic carbocycles. The summed E-state index contributed by atoms with van der Waals surface area (Å²) in [4.78, 5) is 35.4. The van der Waals surface area contributed by atoms with Crippen LogP contribution < -0.4 is 0 Å². The van der Waals surface area contributed by atoms with Crippen LogP contribution in [0.4, 0.5) is 0 Å². The van der Waals surface area contributed by atoms with E-state index in [9.17, 15) is 9.59 Å². The molecular formula is C31H30IN3O2. The summed E-state index contributed by atoms with van der Waals surface area (Å²) in [5, 5.41) is 0. The number of fused-ring (bicyclic) bond motifs is 2. The van der Waals surface area contributed by atoms with Gasteiger partial charge in [0, 0.05) is 0 Å². The number of rotatable bonds is 4. The molecule has 0 spiro atoms. The minimum atomic E-state index is -1.77. The van der Waals surface area contributed by atoms with E-state index in [0.717, 1.165) is 39.6 Å². The van der Waals surface area contributed by atoms with Crippen LogP contribution in [0.3, 0.4) is 0 Å². The molecule has 0 bridgehead atoms. The number of amides is 2. The van der Waals surface area contributed by atoms with E-state index in [2.05, 4.69) is 42.5 Å². The van der Waals surface area contributed by atoms with E-state index >= 15 is 0 Å². The number of carbonyl (C=O) groups is 2. The molecule has 1 saturated heterocycles. The maximum absolute atomic E-state index is 13.7. The second kappa shape index (κ2) is 10.2. The van der Waals surface area contributed by atoms with Crippen molar-refractivity contribution in [3.05, 3.63) is 108 Å². The van der Waals surface area contributed by atoms with E-state index in [4.69, 9.17) is 4.99 Å². The van der Waals surface area contributed by atoms with E-state index in [1.165, 1.54) is 12.7 Å². The van der Waals surface area contributed by atoms with E-state index in [1.807, 2.05) is 59.3 Å². The number of carbonyl (C=O) groups excluding carboxylic acids is 2. The van der Waals surface area contributed by atoms with Crippen molar-refractivity contribution >= 4 is 43.9 Å². The van der Waals surface area contributed by atoms with E-state index in [1.54, 1.807) is 0 Å². The number of allylic oxidation sites excluding steroid dienone is 1. The Labute approximate surface area is 225 Å². The van der Waals surface area contributed by atoms with Crippen molar-refractivity contribution in [3.63, 3.8) is 0 Å². The molecule has 0 saturated carbocycles. The fourth-order valence-electron chi connectivity index (χ4n) is 5.57. The first-order valence-corrected chi connectivity index (χ1v) is 16.5. The number of hydrogen-bond acceptors (Lipinski definition) is 3. The summed E-state index contributed by atoms with van der Waals surface area (Å²) in [6, 6.07) is 23.0. The monoisotopic (exact) mass is 603 g/mol. The first kappa shape index (κ1) is 24.1. The molecule has 2 amide bonds. The van der Waals surface area contributed by atoms with Crippen molar-refractivity contribution in [2.24, 2.45) is 4.99 Å². The van der Waals surface area contributed by atoms with Gasteiger partial charge < -0.3 is 0 Å². The fraction of sp³-hybridized carbons (Fsp3) is 0.258. The number of aliphatic imine (C=N–C) groups is 1. The Hall–Kier alpha value is -3.26. The van der Waals surface area contributed by atoms with Gasteiger partial charge in [-0.05, 0) is 0 Å². The summed E-state index contributed by atoms with van der Waals surface area (Å²) in [5.41, 5.74) is 4.91. The summed E-state index contributed by atoms with van der Waals surface area (Å²) < 4.78 is 3.53. The van der Waals surface area contributed by atoms with Gasteiger partial charge >= 0.3 is 214 Å². The first-order chi connectivity index (χ1) is 18.1. The van der Waals surface area contributed by atoms with E-state index in [0.29, 0.717) is 19.6 Å². The van der Waals surface area contributed by atoms with Gasteiger partial charge in [0.15, 0.2) is 0 Å². The molecule has 3 aliphatic heterocycles. The van der Waals surface area contributed by atoms with Crippen LogP contribution in [0.5, 0.6) is 0 Å². The van der Waals surface area contributed by atoms with Crippen LogP contribution in [-0.2, 0) is 6.54 Å². The van der Waals surface area contributed by atoms with E-state index in [-0.39, 0.29) is 17.9 Å². The Morgan fingerprint density at radius 2 is 1.84 bits per heavy atom. The number of alkyl halides is 1. The molecule has 37 heavy (non-hydrogen) atoms. The van der Waals surface area contributed by atoms with Crippen LogP contribution in [-0.4, -0.2) is 51.5 Å². The van der Waals surface area contributed by atoms with Gasteiger partial charge in [-0.15, -0.1) is 0 Å². The second-order valence-corrected chi connectivity index (χ2v) is 14.8. The molecule has 3 aromatic rings. The number of piperidine rings is 1. The van der Waals surface area contributed by atoms with Gasteiger partial charge in [-0.25, -0.2) is 0 Å². The molecule has 6 heteroatoms. The Bertz CT molecular complexity index is 1420. The Balaban J connectivity index is 1.19. The zero-order chi connectivity index (χ0) is 25.4. The standard InChI is InChI=1S/C31H30IN3O2/c1-2-7-22-8-5-10-24(18-22)32-21-33-19-28-27(12-6-13-29(28)32)30(36)34-16-14-25(15-17-34)35-20-23-9-3-4-11-26(23)31(35)37/h2-13,18-19,25H,14-17,20-21H2,1H3/b7-2+. The predicted molar refractivity (Wildman–Crippen MR) is 157 cm³/mol. The number of halogens is 1. The van der Waals surface area contributed by atoms with E-state index < -0.39 is 19.8 Å². The topological polar surface area (TPSA) is 53.0 Å². The SMILES string of the molecule is C/C=C/c1cccc(I2CN=Cc3c(C(=O)N4CCC(N5Cc6ccccc6C5=O)CC4)cccc32)c1. The zero-order valence-corrected chi connectivity index (χ0v) is 23.1. The molecule has 0 unspecified atom stereocenters. The van der Waals surface area contributed by atoms with Gasteiger partial charge in [-0.2, -0.15) is 0 Å². The van der Waals surface area contributed by atoms with Crippen molar-refractivity contribution in [2.45, 2.75) is 32.4 Å². The maximum atomic E-state index is 13.7. The molecule has 188 valence electrons. The van der Waals surface area contributed by atoms with Crippen LogP contribution in [0.1, 0.15) is 57.2 Å². The molecule has 6 rings (SSSR count). The van der Waals surface area contributed by atoms with Crippen LogP contribution in [0.15, 0.2) is 77.8 Å². The van der Waals surface area contributed by atoms with Gasteiger partial charge in [0.25, 0.3) is 0 Å². The third-order valence-electron chi connectivity index (χ3n) is 7.45. The minimum absolute atomic E-state index is 0.0816. The zero-order valence-electron chi connectivity index (χ0n) is 20.9. The third kappa shape index (κ3) is 4.52. The molecule has 3 aromatic carbocycles. The summed E-state index contributed by atoms with van der Waals surface area (Å²) in [5.74, 6) is 0.210. The molecule has 3 heterocycles. The molecule has 3 aliphatic rings. The summed E-state index contributed by atoms with van der Waals surface area (Å²) in [7, 11) is 0. The van der Waals surface area contributed by atoms with Gasteiger partial charge in [-0.1, -0.05) is 12.1 Å². The van der Waals surface area contributed by atoms with Gasteiger partial charge in [0.05, 0.1) is 0 Å². The number of benzene rings is 3. The van der Waals surface area contributed by atoms with Crippen molar-refractivity contribution in [1.29, 1.82) is 0 Å². The second-order valence-electron chi connectivity index (χ2n) is 9.66. The summed E-state index contributed by atoms with van der Waals surface area (Å²) in [6.07, 6.45) is 7.73. The Morgan fingerprint density at radius 1 is 1.03 bits per heavy atom. The molecule has 0 aromatic heterocycles. The number of nitrogens with zero attached hydrogens (tertiary/aromatic N) is 3. The number of hydrogen-bond donors (Lipinski definition) is 0. The van der Waals surface area contributed by atoms with Crippen molar-refractivity contribution in [3.8, 4) is 0 Å². The molecule has 5 nitrogen and oxygen atoms in total. The van der Waals surface area contributed by atoms with Crippen molar-refractivity contribution in [1.82, 2.24) is 9.80 Å². The first-order valence-electron chi connectivity index (χ1n) is 12.8. The third-order valence-corrected chi connectivity index (χ3v) is 13.0. The fourth-order valence-corrected chi connectivity index (χ4v) is 10.7. The summed E-state index contributed by atoms with van der Waals surface area (Å²) in [6.45, 7) is 4.04. The van der Waals surface area contributed by atoms with Crippen LogP contribution in [0, 0.1) is 7.14 Å². The average Bonchev–Trinajstić information content (AvgIpc) is 3.29. The number of likely N-dealkylation sites (tertiary alicyclic amines) is 1. The molecular weight excluding hydrogens is 573 g/mol. The Morgan fingerprint density at radius 3 is 2.65 bits per heavy atom. The normalized spacial score (nSPS) is 18.4. The van der Waals surface area contributed by atoms with Crippen LogP contribution in [0.25, 0.3) is 6.08 Å². The van der Waals surface area contributed by atoms with Crippen LogP contribution in [0.2, 0.25) is 0 Å². The quantitative estimate of drug-likeness (QED) is 0.212. The molecule has 0 N–H and O–H groups in total. The van der Waals surface area contributed by atoms with Gasteiger partial charge in [-0.3, -0.25) is 0 Å². The van der Waals surface area contributed by atoms with Gasteiger partial charge in [0.1, 0.15) is 0 Å². The predicted octanol–water partition coefficient (Wildman–Crippen LogP) is 5.92. The Kier molecular flexibility index (Phi) is 6.67. The van der Waals surface area contributed by atoms with Crippen molar-refractivity contribution < 1.29 is 9.59 Å². The van der Waals surface area contributed by atoms with Crippen LogP contribution >= 0.6 is 19.8 Å². The molecule has 0 radical (unpaired) electrons. The molecule has 1 fully saturated rings. The summed E-state index contributed by atoms with van der Waals surface area (Å²) >= 11 is -1.77. The average molecular weight is 604 g/mol. The van der Waals surface area contributed by atoms with Gasteiger partial charge in [0.2, 0.25) is 0 Å². The molecule has 0 atom stereocenters.